The monoisotopic (exact) mass is 467 g/mol. The number of nitrogens with one attached hydrogen (secondary N) is 2. The number of rotatable bonds is 5. The van der Waals surface area contributed by atoms with Crippen molar-refractivity contribution in [2.24, 2.45) is 0 Å². The molecule has 0 unspecified atom stereocenters. The summed E-state index contributed by atoms with van der Waals surface area (Å²) in [6.45, 7) is 3.84. The summed E-state index contributed by atoms with van der Waals surface area (Å²) in [4.78, 5) is 28.5. The van der Waals surface area contributed by atoms with E-state index >= 15 is 0 Å². The van der Waals surface area contributed by atoms with Crippen LogP contribution in [-0.2, 0) is 0 Å². The molecule has 0 spiro atoms. The first kappa shape index (κ1) is 21.5. The fourth-order valence-corrected chi connectivity index (χ4v) is 3.67. The van der Waals surface area contributed by atoms with Gasteiger partial charge in [0.2, 0.25) is 0 Å². The first-order valence-corrected chi connectivity index (χ1v) is 10.4. The van der Waals surface area contributed by atoms with Crippen molar-refractivity contribution >= 4 is 22.6 Å². The van der Waals surface area contributed by atoms with E-state index in [0.29, 0.717) is 22.5 Å². The summed E-state index contributed by atoms with van der Waals surface area (Å²) in [6, 6.07) is 15.6. The average molecular weight is 467 g/mol. The van der Waals surface area contributed by atoms with Crippen molar-refractivity contribution in [1.29, 1.82) is 0 Å². The van der Waals surface area contributed by atoms with E-state index in [-0.39, 0.29) is 34.5 Å². The van der Waals surface area contributed by atoms with Crippen LogP contribution in [0.5, 0.6) is 17.2 Å². The van der Waals surface area contributed by atoms with E-state index in [2.05, 4.69) is 19.8 Å². The van der Waals surface area contributed by atoms with Gasteiger partial charge in [0.25, 0.3) is 11.5 Å². The summed E-state index contributed by atoms with van der Waals surface area (Å²) in [5.41, 5.74) is 1.16. The Bertz CT molecular complexity index is 1460. The third-order valence-electron chi connectivity index (χ3n) is 5.05. The van der Waals surface area contributed by atoms with Gasteiger partial charge in [-0.25, -0.2) is 0 Å². The molecule has 2 aromatic carbocycles. The Kier molecular flexibility index (Phi) is 5.00. The second kappa shape index (κ2) is 7.91. The van der Waals surface area contributed by atoms with Gasteiger partial charge in [-0.1, -0.05) is 0 Å². The summed E-state index contributed by atoms with van der Waals surface area (Å²) in [7, 11) is 0. The van der Waals surface area contributed by atoms with Crippen molar-refractivity contribution in [3.63, 3.8) is 0 Å². The Morgan fingerprint density at radius 3 is 2.50 bits per heavy atom. The summed E-state index contributed by atoms with van der Waals surface area (Å²) in [5.74, 6) is -0.158. The SMILES string of the molecule is CC(C)Oc1ccc(-n2c(=O)ccc3cc(C(=O)Nc4ccc5c(c4)OC(F)(F)O5)[nH]c32)cc1. The van der Waals surface area contributed by atoms with Gasteiger partial charge >= 0.3 is 6.29 Å². The van der Waals surface area contributed by atoms with E-state index in [0.717, 1.165) is 0 Å². The lowest BCUT2D eigenvalue weighted by Gasteiger charge is -2.11. The number of benzene rings is 2. The molecular formula is C24H19F2N3O5. The lowest BCUT2D eigenvalue weighted by molar-refractivity contribution is -0.286. The zero-order valence-electron chi connectivity index (χ0n) is 18.1. The van der Waals surface area contributed by atoms with Gasteiger partial charge in [0.15, 0.2) is 11.5 Å². The highest BCUT2D eigenvalue weighted by atomic mass is 19.3. The average Bonchev–Trinajstić information content (AvgIpc) is 3.33. The zero-order chi connectivity index (χ0) is 24.0. The van der Waals surface area contributed by atoms with Crippen LogP contribution in [-0.4, -0.2) is 27.9 Å². The van der Waals surface area contributed by atoms with Crippen LogP contribution in [0.3, 0.4) is 0 Å². The number of hydrogen-bond donors (Lipinski definition) is 2. The third kappa shape index (κ3) is 4.05. The fraction of sp³-hybridized carbons (Fsp3) is 0.167. The maximum Gasteiger partial charge on any atom is 0.586 e. The number of amides is 1. The van der Waals surface area contributed by atoms with Crippen molar-refractivity contribution in [1.82, 2.24) is 9.55 Å². The number of anilines is 1. The number of fused-ring (bicyclic) bond motifs is 2. The van der Waals surface area contributed by atoms with Gasteiger partial charge in [-0.05, 0) is 62.4 Å². The summed E-state index contributed by atoms with van der Waals surface area (Å²) in [6.07, 6.45) is -3.73. The predicted octanol–water partition coefficient (Wildman–Crippen LogP) is 4.68. The first-order chi connectivity index (χ1) is 16.2. The number of ether oxygens (including phenoxy) is 3. The lowest BCUT2D eigenvalue weighted by atomic mass is 10.2. The van der Waals surface area contributed by atoms with Gasteiger partial charge in [-0.15, -0.1) is 8.78 Å². The van der Waals surface area contributed by atoms with Gasteiger partial charge in [-0.2, -0.15) is 0 Å². The molecule has 4 aromatic rings. The molecule has 8 nitrogen and oxygen atoms in total. The molecule has 5 rings (SSSR count). The molecular weight excluding hydrogens is 448 g/mol. The van der Waals surface area contributed by atoms with Gasteiger partial charge in [0.1, 0.15) is 17.1 Å². The predicted molar refractivity (Wildman–Crippen MR) is 120 cm³/mol. The quantitative estimate of drug-likeness (QED) is 0.445. The topological polar surface area (TPSA) is 94.6 Å². The number of aromatic nitrogens is 2. The molecule has 1 aliphatic heterocycles. The Hall–Kier alpha value is -4.34. The van der Waals surface area contributed by atoms with Crippen molar-refractivity contribution in [3.8, 4) is 22.9 Å². The van der Waals surface area contributed by atoms with Gasteiger partial charge in [0, 0.05) is 23.2 Å². The van der Waals surface area contributed by atoms with Crippen LogP contribution in [0, 0.1) is 0 Å². The summed E-state index contributed by atoms with van der Waals surface area (Å²) in [5, 5.41) is 3.26. The number of H-pyrrole nitrogens is 1. The fourth-order valence-electron chi connectivity index (χ4n) is 3.67. The molecule has 0 atom stereocenters. The summed E-state index contributed by atoms with van der Waals surface area (Å²) >= 11 is 0. The minimum atomic E-state index is -3.75. The maximum atomic E-state index is 13.2. The number of hydrogen-bond acceptors (Lipinski definition) is 5. The molecule has 0 saturated heterocycles. The van der Waals surface area contributed by atoms with E-state index in [4.69, 9.17) is 4.74 Å². The number of carbonyl (C=O) groups is 1. The van der Waals surface area contributed by atoms with Crippen LogP contribution >= 0.6 is 0 Å². The Morgan fingerprint density at radius 2 is 1.76 bits per heavy atom. The Labute approximate surface area is 191 Å². The number of aromatic amines is 1. The van der Waals surface area contributed by atoms with E-state index in [1.807, 2.05) is 13.8 Å². The van der Waals surface area contributed by atoms with Crippen LogP contribution < -0.4 is 25.1 Å². The van der Waals surface area contributed by atoms with Gasteiger partial charge in [-0.3, -0.25) is 14.2 Å². The lowest BCUT2D eigenvalue weighted by Crippen LogP contribution is -2.25. The van der Waals surface area contributed by atoms with Crippen LogP contribution in [0.25, 0.3) is 16.7 Å². The van der Waals surface area contributed by atoms with E-state index in [9.17, 15) is 18.4 Å². The molecule has 10 heteroatoms. The molecule has 1 amide bonds. The molecule has 3 heterocycles. The highest BCUT2D eigenvalue weighted by Gasteiger charge is 2.43. The highest BCUT2D eigenvalue weighted by Crippen LogP contribution is 2.42. The molecule has 0 bridgehead atoms. The number of halogens is 2. The van der Waals surface area contributed by atoms with Crippen LogP contribution in [0.2, 0.25) is 0 Å². The summed E-state index contributed by atoms with van der Waals surface area (Å²) < 4.78 is 42.3. The van der Waals surface area contributed by atoms with Crippen LogP contribution in [0.4, 0.5) is 14.5 Å². The molecule has 0 aliphatic carbocycles. The number of nitrogens with zero attached hydrogens (tertiary/aromatic N) is 1. The molecule has 174 valence electrons. The molecule has 1 aliphatic rings. The molecule has 0 fully saturated rings. The Balaban J connectivity index is 1.44. The van der Waals surface area contributed by atoms with E-state index < -0.39 is 12.2 Å². The van der Waals surface area contributed by atoms with Crippen LogP contribution in [0.15, 0.2) is 65.5 Å². The standard InChI is InChI=1S/C24H19F2N3O5/c1-13(2)32-17-7-5-16(6-8-17)29-21(30)10-3-14-11-18(28-22(14)29)23(31)27-15-4-9-19-20(12-15)34-24(25,26)33-19/h3-13,28H,1-2H3,(H,27,31). The smallest absolute Gasteiger partial charge is 0.491 e. The van der Waals surface area contributed by atoms with Gasteiger partial charge < -0.3 is 24.5 Å². The second-order valence-corrected chi connectivity index (χ2v) is 7.94. The number of alkyl halides is 2. The third-order valence-corrected chi connectivity index (χ3v) is 5.05. The minimum Gasteiger partial charge on any atom is -0.491 e. The molecule has 2 aromatic heterocycles. The van der Waals surface area contributed by atoms with Crippen molar-refractivity contribution in [2.45, 2.75) is 26.2 Å². The number of pyridine rings is 1. The van der Waals surface area contributed by atoms with E-state index in [1.54, 1.807) is 36.4 Å². The zero-order valence-corrected chi connectivity index (χ0v) is 18.1. The van der Waals surface area contributed by atoms with Gasteiger partial charge in [0.05, 0.1) is 11.8 Å². The van der Waals surface area contributed by atoms with Crippen LogP contribution in [0.1, 0.15) is 24.3 Å². The molecule has 2 N–H and O–H groups in total. The largest absolute Gasteiger partial charge is 0.586 e. The van der Waals surface area contributed by atoms with Crippen molar-refractivity contribution < 1.29 is 27.8 Å². The Morgan fingerprint density at radius 1 is 1.03 bits per heavy atom. The van der Waals surface area contributed by atoms with Crippen molar-refractivity contribution in [3.05, 3.63) is 76.7 Å². The number of carbonyl (C=O) groups excluding carboxylic acids is 1. The van der Waals surface area contributed by atoms with Crippen molar-refractivity contribution in [2.75, 3.05) is 5.32 Å². The highest BCUT2D eigenvalue weighted by molar-refractivity contribution is 6.05. The second-order valence-electron chi connectivity index (χ2n) is 7.94. The van der Waals surface area contributed by atoms with E-state index in [1.165, 1.54) is 28.8 Å². The molecule has 0 saturated carbocycles. The molecule has 0 radical (unpaired) electrons. The first-order valence-electron chi connectivity index (χ1n) is 10.4. The maximum absolute atomic E-state index is 13.2. The normalized spacial score (nSPS) is 13.9. The molecule has 34 heavy (non-hydrogen) atoms. The minimum absolute atomic E-state index is 0.0164.